The van der Waals surface area contributed by atoms with E-state index in [1.165, 1.54) is 6.07 Å². The fourth-order valence-corrected chi connectivity index (χ4v) is 2.55. The van der Waals surface area contributed by atoms with Crippen molar-refractivity contribution in [3.63, 3.8) is 0 Å². The summed E-state index contributed by atoms with van der Waals surface area (Å²) in [6, 6.07) is 10.0. The summed E-state index contributed by atoms with van der Waals surface area (Å²) < 4.78 is 13.5. The van der Waals surface area contributed by atoms with Crippen molar-refractivity contribution in [2.75, 3.05) is 0 Å². The highest BCUT2D eigenvalue weighted by Gasteiger charge is 2.15. The van der Waals surface area contributed by atoms with Crippen molar-refractivity contribution in [3.8, 4) is 0 Å². The average Bonchev–Trinajstić information content (AvgIpc) is 2.32. The van der Waals surface area contributed by atoms with Gasteiger partial charge in [0.25, 0.3) is 0 Å². The van der Waals surface area contributed by atoms with Gasteiger partial charge in [-0.05, 0) is 41.8 Å². The topological polar surface area (TPSA) is 0 Å². The third-order valence-electron chi connectivity index (χ3n) is 2.72. The maximum atomic E-state index is 13.5. The standard InChI is InChI=1S/C14H10Cl3F/c1-8-2-3-9(6-13(8)18)14(17)11-5-4-10(15)7-12(11)16/h2-7,14H,1H3. The molecule has 0 amide bonds. The number of rotatable bonds is 2. The lowest BCUT2D eigenvalue weighted by molar-refractivity contribution is 0.616. The Morgan fingerprint density at radius 1 is 1.06 bits per heavy atom. The van der Waals surface area contributed by atoms with Crippen LogP contribution < -0.4 is 0 Å². The molecule has 2 rings (SSSR count). The summed E-state index contributed by atoms with van der Waals surface area (Å²) in [5.74, 6) is -0.275. The molecule has 0 saturated carbocycles. The number of hydrogen-bond donors (Lipinski definition) is 0. The summed E-state index contributed by atoms with van der Waals surface area (Å²) in [5, 5.41) is 0.524. The Bertz CT molecular complexity index is 581. The zero-order valence-electron chi connectivity index (χ0n) is 9.55. The first kappa shape index (κ1) is 13.7. The predicted octanol–water partition coefficient (Wildman–Crippen LogP) is 5.77. The predicted molar refractivity (Wildman–Crippen MR) is 75.3 cm³/mol. The second-order valence-electron chi connectivity index (χ2n) is 4.04. The summed E-state index contributed by atoms with van der Waals surface area (Å²) in [5.41, 5.74) is 1.97. The van der Waals surface area contributed by atoms with Gasteiger partial charge < -0.3 is 0 Å². The fraction of sp³-hybridized carbons (Fsp3) is 0.143. The number of benzene rings is 2. The van der Waals surface area contributed by atoms with E-state index < -0.39 is 5.38 Å². The molecule has 0 spiro atoms. The molecule has 2 aromatic rings. The first-order valence-corrected chi connectivity index (χ1v) is 6.53. The summed E-state index contributed by atoms with van der Waals surface area (Å²) in [7, 11) is 0. The van der Waals surface area contributed by atoms with Crippen LogP contribution in [0.15, 0.2) is 36.4 Å². The van der Waals surface area contributed by atoms with Crippen LogP contribution in [0.1, 0.15) is 22.1 Å². The molecule has 94 valence electrons. The van der Waals surface area contributed by atoms with E-state index in [-0.39, 0.29) is 5.82 Å². The molecule has 0 saturated heterocycles. The van der Waals surface area contributed by atoms with E-state index in [0.29, 0.717) is 26.7 Å². The van der Waals surface area contributed by atoms with E-state index in [1.807, 2.05) is 0 Å². The smallest absolute Gasteiger partial charge is 0.126 e. The average molecular weight is 304 g/mol. The Labute approximate surface area is 120 Å². The minimum Gasteiger partial charge on any atom is -0.207 e. The fourth-order valence-electron chi connectivity index (χ4n) is 1.65. The van der Waals surface area contributed by atoms with E-state index in [1.54, 1.807) is 37.3 Å². The van der Waals surface area contributed by atoms with Gasteiger partial charge in [0.1, 0.15) is 5.82 Å². The third kappa shape index (κ3) is 2.80. The van der Waals surface area contributed by atoms with Crippen molar-refractivity contribution in [2.24, 2.45) is 0 Å². The first-order chi connectivity index (χ1) is 8.49. The molecular weight excluding hydrogens is 294 g/mol. The van der Waals surface area contributed by atoms with Gasteiger partial charge in [-0.3, -0.25) is 0 Å². The van der Waals surface area contributed by atoms with Crippen molar-refractivity contribution in [1.29, 1.82) is 0 Å². The van der Waals surface area contributed by atoms with Crippen LogP contribution in [0.4, 0.5) is 4.39 Å². The SMILES string of the molecule is Cc1ccc(C(Cl)c2ccc(Cl)cc2Cl)cc1F. The van der Waals surface area contributed by atoms with Crippen molar-refractivity contribution < 1.29 is 4.39 Å². The molecular formula is C14H10Cl3F. The molecule has 0 aliphatic rings. The lowest BCUT2D eigenvalue weighted by Gasteiger charge is -2.13. The van der Waals surface area contributed by atoms with Crippen LogP contribution in [-0.2, 0) is 0 Å². The van der Waals surface area contributed by atoms with Crippen LogP contribution in [0, 0.1) is 12.7 Å². The van der Waals surface area contributed by atoms with E-state index in [4.69, 9.17) is 34.8 Å². The quantitative estimate of drug-likeness (QED) is 0.618. The molecule has 1 unspecified atom stereocenters. The van der Waals surface area contributed by atoms with Gasteiger partial charge in [0.2, 0.25) is 0 Å². The van der Waals surface area contributed by atoms with Crippen molar-refractivity contribution in [1.82, 2.24) is 0 Å². The molecule has 4 heteroatoms. The molecule has 0 N–H and O–H groups in total. The summed E-state index contributed by atoms with van der Waals surface area (Å²) in [6.07, 6.45) is 0. The molecule has 0 fully saturated rings. The van der Waals surface area contributed by atoms with Crippen LogP contribution >= 0.6 is 34.8 Å². The van der Waals surface area contributed by atoms with Gasteiger partial charge in [-0.1, -0.05) is 41.4 Å². The molecule has 0 heterocycles. The van der Waals surface area contributed by atoms with Crippen molar-refractivity contribution >= 4 is 34.8 Å². The number of aryl methyl sites for hydroxylation is 1. The van der Waals surface area contributed by atoms with Gasteiger partial charge >= 0.3 is 0 Å². The molecule has 0 aromatic heterocycles. The molecule has 18 heavy (non-hydrogen) atoms. The molecule has 0 aliphatic heterocycles. The second-order valence-corrected chi connectivity index (χ2v) is 5.32. The zero-order chi connectivity index (χ0) is 13.3. The van der Waals surface area contributed by atoms with Gasteiger partial charge in [0, 0.05) is 10.0 Å². The molecule has 2 aromatic carbocycles. The van der Waals surface area contributed by atoms with Crippen LogP contribution in [0.5, 0.6) is 0 Å². The minimum atomic E-state index is -0.495. The van der Waals surface area contributed by atoms with E-state index >= 15 is 0 Å². The van der Waals surface area contributed by atoms with Crippen molar-refractivity contribution in [2.45, 2.75) is 12.3 Å². The lowest BCUT2D eigenvalue weighted by atomic mass is 10.0. The monoisotopic (exact) mass is 302 g/mol. The van der Waals surface area contributed by atoms with Gasteiger partial charge in [-0.2, -0.15) is 0 Å². The summed E-state index contributed by atoms with van der Waals surface area (Å²) in [4.78, 5) is 0. The number of halogens is 4. The maximum absolute atomic E-state index is 13.5. The van der Waals surface area contributed by atoms with Gasteiger partial charge in [-0.25, -0.2) is 4.39 Å². The highest BCUT2D eigenvalue weighted by atomic mass is 35.5. The lowest BCUT2D eigenvalue weighted by Crippen LogP contribution is -1.96. The number of alkyl halides is 1. The summed E-state index contributed by atoms with van der Waals surface area (Å²) >= 11 is 18.2. The Morgan fingerprint density at radius 3 is 2.39 bits per heavy atom. The molecule has 0 radical (unpaired) electrons. The second kappa shape index (κ2) is 5.48. The van der Waals surface area contributed by atoms with E-state index in [2.05, 4.69) is 0 Å². The Morgan fingerprint density at radius 2 is 1.78 bits per heavy atom. The van der Waals surface area contributed by atoms with Crippen molar-refractivity contribution in [3.05, 3.63) is 69.0 Å². The zero-order valence-corrected chi connectivity index (χ0v) is 11.8. The Balaban J connectivity index is 2.41. The molecule has 0 nitrogen and oxygen atoms in total. The normalized spacial score (nSPS) is 12.5. The molecule has 0 bridgehead atoms. The third-order valence-corrected chi connectivity index (χ3v) is 3.77. The largest absolute Gasteiger partial charge is 0.207 e. The van der Waals surface area contributed by atoms with Gasteiger partial charge in [-0.15, -0.1) is 11.6 Å². The maximum Gasteiger partial charge on any atom is 0.126 e. The molecule has 1 atom stereocenters. The van der Waals surface area contributed by atoms with E-state index in [9.17, 15) is 4.39 Å². The van der Waals surface area contributed by atoms with Crippen LogP contribution in [0.2, 0.25) is 10.0 Å². The number of hydrogen-bond acceptors (Lipinski definition) is 0. The van der Waals surface area contributed by atoms with Crippen LogP contribution in [0.25, 0.3) is 0 Å². The highest BCUT2D eigenvalue weighted by molar-refractivity contribution is 6.36. The van der Waals surface area contributed by atoms with Gasteiger partial charge in [0.05, 0.1) is 5.38 Å². The molecule has 0 aliphatic carbocycles. The first-order valence-electron chi connectivity index (χ1n) is 5.34. The van der Waals surface area contributed by atoms with E-state index in [0.717, 1.165) is 0 Å². The van der Waals surface area contributed by atoms with Crippen LogP contribution in [-0.4, -0.2) is 0 Å². The Kier molecular flexibility index (Phi) is 4.16. The van der Waals surface area contributed by atoms with Crippen LogP contribution in [0.3, 0.4) is 0 Å². The van der Waals surface area contributed by atoms with Gasteiger partial charge in [0.15, 0.2) is 0 Å². The highest BCUT2D eigenvalue weighted by Crippen LogP contribution is 2.35. The Hall–Kier alpha value is -0.760. The minimum absolute atomic E-state index is 0.275. The summed E-state index contributed by atoms with van der Waals surface area (Å²) in [6.45, 7) is 1.71.